The Morgan fingerprint density at radius 3 is 2.71 bits per heavy atom. The molecule has 0 spiro atoms. The molecule has 42 heavy (non-hydrogen) atoms. The third kappa shape index (κ3) is 5.87. The van der Waals surface area contributed by atoms with Gasteiger partial charge in [0.2, 0.25) is 0 Å². The predicted molar refractivity (Wildman–Crippen MR) is 149 cm³/mol. The summed E-state index contributed by atoms with van der Waals surface area (Å²) in [4.78, 5) is 49.6. The summed E-state index contributed by atoms with van der Waals surface area (Å²) in [7, 11) is 1.32. The predicted octanol–water partition coefficient (Wildman–Crippen LogP) is 0.230. The summed E-state index contributed by atoms with van der Waals surface area (Å²) in [6, 6.07) is 1.12. The molecule has 9 atom stereocenters. The van der Waals surface area contributed by atoms with Gasteiger partial charge in [0.25, 0.3) is 5.56 Å². The number of methoxy groups -OCH3 is 1. The zero-order valence-corrected chi connectivity index (χ0v) is 25.1. The lowest BCUT2D eigenvalue weighted by atomic mass is 10.1. The lowest BCUT2D eigenvalue weighted by Crippen LogP contribution is -2.40. The minimum absolute atomic E-state index is 0.134. The van der Waals surface area contributed by atoms with Crippen molar-refractivity contribution in [3.05, 3.63) is 45.8 Å². The molecule has 3 aromatic rings. The van der Waals surface area contributed by atoms with Crippen molar-refractivity contribution in [1.29, 1.82) is 0 Å². The van der Waals surface area contributed by atoms with E-state index in [1.807, 2.05) is 0 Å². The summed E-state index contributed by atoms with van der Waals surface area (Å²) in [6.45, 7) is -8.79. The van der Waals surface area contributed by atoms with E-state index in [4.69, 9.17) is 49.8 Å². The Morgan fingerprint density at radius 1 is 1.14 bits per heavy atom. The summed E-state index contributed by atoms with van der Waals surface area (Å²) in [5, 5.41) is 0. The smallest absolute Gasteiger partial charge is 0.382 e. The molecule has 4 N–H and O–H groups in total. The quantitative estimate of drug-likeness (QED) is 0.217. The van der Waals surface area contributed by atoms with E-state index in [2.05, 4.69) is 32.2 Å². The van der Waals surface area contributed by atoms with E-state index >= 15 is 0 Å². The van der Waals surface area contributed by atoms with Gasteiger partial charge < -0.3 is 29.4 Å². The van der Waals surface area contributed by atoms with E-state index in [0.717, 1.165) is 10.6 Å². The van der Waals surface area contributed by atoms with Gasteiger partial charge in [-0.05, 0) is 11.8 Å². The number of rotatable bonds is 3. The van der Waals surface area contributed by atoms with Gasteiger partial charge in [-0.1, -0.05) is 12.2 Å². The summed E-state index contributed by atoms with van der Waals surface area (Å²) < 4.78 is 56.6. The monoisotopic (exact) mass is 665 g/mol. The van der Waals surface area contributed by atoms with Crippen molar-refractivity contribution >= 4 is 54.6 Å². The minimum Gasteiger partial charge on any atom is -0.382 e. The zero-order valence-electron chi connectivity index (χ0n) is 21.6. The van der Waals surface area contributed by atoms with Gasteiger partial charge in [-0.15, -0.1) is 0 Å². The van der Waals surface area contributed by atoms with E-state index in [1.54, 1.807) is 0 Å². The van der Waals surface area contributed by atoms with Crippen LogP contribution < -0.4 is 17.0 Å². The molecular weight excluding hydrogens is 640 g/mol. The minimum atomic E-state index is -4.11. The molecule has 3 fully saturated rings. The maximum Gasteiger partial charge on any atom is 0.386 e. The first-order valence-electron chi connectivity index (χ1n) is 12.3. The van der Waals surface area contributed by atoms with Gasteiger partial charge in [0, 0.05) is 25.8 Å². The van der Waals surface area contributed by atoms with Gasteiger partial charge in [0.05, 0.1) is 25.6 Å². The first-order valence-corrected chi connectivity index (χ1v) is 17.6. The normalized spacial score (nSPS) is 37.5. The Balaban J connectivity index is 1.31. The van der Waals surface area contributed by atoms with Crippen molar-refractivity contribution in [2.24, 2.45) is 0 Å². The van der Waals surface area contributed by atoms with Gasteiger partial charge in [-0.3, -0.25) is 32.5 Å². The molecule has 0 radical (unpaired) electrons. The van der Waals surface area contributed by atoms with Crippen LogP contribution in [0.3, 0.4) is 0 Å². The Labute approximate surface area is 246 Å². The summed E-state index contributed by atoms with van der Waals surface area (Å²) in [5.74, 6) is 0.153. The molecule has 6 rings (SSSR count). The highest BCUT2D eigenvalue weighted by Crippen LogP contribution is 2.58. The number of anilines is 1. The van der Waals surface area contributed by atoms with Crippen molar-refractivity contribution < 1.29 is 41.8 Å². The lowest BCUT2D eigenvalue weighted by Gasteiger charge is -2.28. The molecule has 3 saturated heterocycles. The standard InChI is InChI=1S/C20H25N7O11P2S2/c1-32-15-14-11(36-19(15)26-3-2-12(28)25-20(26)29)6-34-39(30,41)37-10-4-9(5-33-40(31,42)38-14)35-18(10)27-8-24-13-16(21)22-7-23-17(13)27/h2-3,7-11,14-15,18-19H,4-6H2,1H3,(H,30,41)(H,31,42)(H2,21,22,23)(H,25,28,29)/t9-,10+,11+,14+,15+,18+,19+,39?,40?/m0/s1. The van der Waals surface area contributed by atoms with Crippen LogP contribution in [0.4, 0.5) is 5.82 Å². The van der Waals surface area contributed by atoms with Crippen LogP contribution in [0.2, 0.25) is 0 Å². The summed E-state index contributed by atoms with van der Waals surface area (Å²) in [5.41, 5.74) is 5.17. The van der Waals surface area contributed by atoms with Crippen molar-refractivity contribution in [2.75, 3.05) is 26.1 Å². The number of aromatic nitrogens is 6. The molecule has 3 aliphatic heterocycles. The van der Waals surface area contributed by atoms with Crippen LogP contribution in [-0.2, 0) is 48.7 Å². The van der Waals surface area contributed by atoms with E-state index < -0.39 is 74.3 Å². The maximum absolute atomic E-state index is 13.5. The summed E-state index contributed by atoms with van der Waals surface area (Å²) >= 11 is 9.44. The fourth-order valence-electron chi connectivity index (χ4n) is 5.02. The maximum atomic E-state index is 13.5. The zero-order chi connectivity index (χ0) is 29.8. The third-order valence-electron chi connectivity index (χ3n) is 6.84. The van der Waals surface area contributed by atoms with Gasteiger partial charge in [-0.2, -0.15) is 0 Å². The van der Waals surface area contributed by atoms with Gasteiger partial charge >= 0.3 is 19.2 Å². The molecule has 228 valence electrons. The van der Waals surface area contributed by atoms with E-state index in [0.29, 0.717) is 11.2 Å². The number of hydrogen-bond donors (Lipinski definition) is 4. The molecule has 6 heterocycles. The highest BCUT2D eigenvalue weighted by molar-refractivity contribution is 8.44. The number of aromatic amines is 1. The fourth-order valence-corrected chi connectivity index (χ4v) is 7.97. The molecule has 0 saturated carbocycles. The topological polar surface area (TPSA) is 226 Å². The molecule has 3 aromatic heterocycles. The number of ether oxygens (including phenoxy) is 3. The number of fused-ring (bicyclic) bond motifs is 4. The van der Waals surface area contributed by atoms with Crippen LogP contribution >= 0.6 is 25.8 Å². The van der Waals surface area contributed by atoms with Crippen molar-refractivity contribution in [2.45, 2.75) is 49.4 Å². The molecule has 2 unspecified atom stereocenters. The largest absolute Gasteiger partial charge is 0.386 e. The number of nitrogen functional groups attached to an aromatic ring is 1. The third-order valence-corrected chi connectivity index (χ3v) is 10.0. The lowest BCUT2D eigenvalue weighted by molar-refractivity contribution is -0.0633. The second-order valence-electron chi connectivity index (χ2n) is 9.49. The van der Waals surface area contributed by atoms with Gasteiger partial charge in [0.1, 0.15) is 36.3 Å². The van der Waals surface area contributed by atoms with Crippen molar-refractivity contribution in [1.82, 2.24) is 29.1 Å². The van der Waals surface area contributed by atoms with Crippen LogP contribution in [-0.4, -0.2) is 84.8 Å². The van der Waals surface area contributed by atoms with Crippen LogP contribution in [0.25, 0.3) is 11.2 Å². The van der Waals surface area contributed by atoms with Gasteiger partial charge in [-0.25, -0.2) is 24.3 Å². The summed E-state index contributed by atoms with van der Waals surface area (Å²) in [6.07, 6.45) is -3.00. The molecule has 2 bridgehead atoms. The number of nitrogens with zero attached hydrogens (tertiary/aromatic N) is 5. The Hall–Kier alpha value is -2.06. The number of imidazole rings is 1. The number of nitrogens with two attached hydrogens (primary N) is 1. The number of H-pyrrole nitrogens is 1. The SMILES string of the molecule is CO[C@@H]1[C@@H]2OP(O)(=S)OC[C@@H]3C[C@@H](OP(=O)(S)OC[C@H]2O[C@H]1n1ccc(=O)[nH]c1=O)[C@H](n1cnc2c(N)ncnc21)O3. The van der Waals surface area contributed by atoms with Crippen molar-refractivity contribution in [3.8, 4) is 0 Å². The second kappa shape index (κ2) is 11.5. The highest BCUT2D eigenvalue weighted by atomic mass is 32.7. The van der Waals surface area contributed by atoms with Crippen LogP contribution in [0.15, 0.2) is 34.5 Å². The van der Waals surface area contributed by atoms with E-state index in [9.17, 15) is 19.0 Å². The number of hydrogen-bond acceptors (Lipinski definition) is 15. The molecule has 3 aliphatic rings. The molecule has 18 nitrogen and oxygen atoms in total. The Morgan fingerprint density at radius 2 is 1.95 bits per heavy atom. The number of nitrogens with one attached hydrogen (secondary N) is 1. The van der Waals surface area contributed by atoms with E-state index in [-0.39, 0.29) is 18.8 Å². The van der Waals surface area contributed by atoms with Gasteiger partial charge in [0.15, 0.2) is 23.9 Å². The molecule has 0 aromatic carbocycles. The van der Waals surface area contributed by atoms with Crippen LogP contribution in [0.5, 0.6) is 0 Å². The fraction of sp³-hybridized carbons (Fsp3) is 0.550. The van der Waals surface area contributed by atoms with Crippen LogP contribution in [0, 0.1) is 0 Å². The Kier molecular flexibility index (Phi) is 8.18. The second-order valence-corrected chi connectivity index (χ2v) is 15.2. The van der Waals surface area contributed by atoms with Crippen LogP contribution in [0.1, 0.15) is 18.9 Å². The average molecular weight is 666 g/mol. The molecule has 0 aliphatic carbocycles. The highest BCUT2D eigenvalue weighted by Gasteiger charge is 2.51. The molecule has 22 heteroatoms. The first-order chi connectivity index (χ1) is 19.9. The Bertz CT molecular complexity index is 1700. The first kappa shape index (κ1) is 30.0. The molecule has 0 amide bonds. The average Bonchev–Trinajstić information content (AvgIpc) is 3.61. The van der Waals surface area contributed by atoms with Crippen molar-refractivity contribution in [3.63, 3.8) is 0 Å². The number of thiol groups is 1. The molecular formula is C20H25N7O11P2S2. The van der Waals surface area contributed by atoms with E-state index in [1.165, 1.54) is 30.5 Å².